The number of carbonyl (C=O) groups is 1. The van der Waals surface area contributed by atoms with Gasteiger partial charge in [0.15, 0.2) is 11.5 Å². The first-order valence-electron chi connectivity index (χ1n) is 6.61. The number of ether oxygens (including phenoxy) is 2. The van der Waals surface area contributed by atoms with E-state index in [0.29, 0.717) is 34.8 Å². The number of aromatic nitrogens is 2. The number of carboxylic acids is 1. The zero-order chi connectivity index (χ0) is 15.6. The third-order valence-electron chi connectivity index (χ3n) is 3.35. The van der Waals surface area contributed by atoms with Gasteiger partial charge in [-0.2, -0.15) is 0 Å². The van der Waals surface area contributed by atoms with Crippen molar-refractivity contribution in [2.75, 3.05) is 14.2 Å². The minimum absolute atomic E-state index is 0.199. The number of hydrogen-bond acceptors (Lipinski definition) is 5. The molecule has 2 aromatic rings. The van der Waals surface area contributed by atoms with E-state index in [9.17, 15) is 4.79 Å². The number of hydrogen-bond donors (Lipinski definition) is 2. The van der Waals surface area contributed by atoms with Crippen molar-refractivity contribution in [3.8, 4) is 11.5 Å². The Kier molecular flexibility index (Phi) is 4.32. The summed E-state index contributed by atoms with van der Waals surface area (Å²) in [5.41, 5.74) is 7.33. The summed E-state index contributed by atoms with van der Waals surface area (Å²) in [6.07, 6.45) is 0.664. The van der Waals surface area contributed by atoms with Crippen molar-refractivity contribution in [2.45, 2.75) is 25.9 Å². The number of nitrogens with two attached hydrogens (primary N) is 1. The van der Waals surface area contributed by atoms with E-state index in [2.05, 4.69) is 4.98 Å². The van der Waals surface area contributed by atoms with E-state index >= 15 is 0 Å². The maximum Gasteiger partial charge on any atom is 0.323 e. The fourth-order valence-corrected chi connectivity index (χ4v) is 2.24. The lowest BCUT2D eigenvalue weighted by Gasteiger charge is -2.12. The van der Waals surface area contributed by atoms with E-state index in [1.165, 1.54) is 14.2 Å². The Hall–Kier alpha value is -2.28. The van der Waals surface area contributed by atoms with Crippen LogP contribution in [0.15, 0.2) is 12.1 Å². The van der Waals surface area contributed by atoms with E-state index in [0.717, 1.165) is 0 Å². The Bertz CT molecular complexity index is 666. The Morgan fingerprint density at radius 1 is 1.38 bits per heavy atom. The standard InChI is InChI=1S/C14H19N3O4/c1-4-8(15)14-16-9-5-11(20-2)12(21-3)6-10(9)17(14)7-13(18)19/h5-6,8H,4,7,15H2,1-3H3,(H,18,19). The summed E-state index contributed by atoms with van der Waals surface area (Å²) in [4.78, 5) is 15.6. The molecule has 1 aromatic carbocycles. The van der Waals surface area contributed by atoms with E-state index in [1.807, 2.05) is 6.92 Å². The van der Waals surface area contributed by atoms with Crippen molar-refractivity contribution in [3.05, 3.63) is 18.0 Å². The maximum absolute atomic E-state index is 11.1. The monoisotopic (exact) mass is 293 g/mol. The first kappa shape index (κ1) is 15.1. The summed E-state index contributed by atoms with van der Waals surface area (Å²) >= 11 is 0. The van der Waals surface area contributed by atoms with Gasteiger partial charge in [0.2, 0.25) is 0 Å². The summed E-state index contributed by atoms with van der Waals surface area (Å²) in [5.74, 6) is 0.661. The molecule has 1 atom stereocenters. The summed E-state index contributed by atoms with van der Waals surface area (Å²) in [5, 5.41) is 9.11. The van der Waals surface area contributed by atoms with E-state index in [-0.39, 0.29) is 12.6 Å². The molecule has 1 heterocycles. The maximum atomic E-state index is 11.1. The van der Waals surface area contributed by atoms with Crippen molar-refractivity contribution < 1.29 is 19.4 Å². The number of imidazole rings is 1. The van der Waals surface area contributed by atoms with Gasteiger partial charge in [0.1, 0.15) is 12.4 Å². The second-order valence-corrected chi connectivity index (χ2v) is 4.66. The van der Waals surface area contributed by atoms with Crippen LogP contribution in [0.25, 0.3) is 11.0 Å². The van der Waals surface area contributed by atoms with Crippen molar-refractivity contribution in [2.24, 2.45) is 5.73 Å². The number of nitrogens with zero attached hydrogens (tertiary/aromatic N) is 2. The van der Waals surface area contributed by atoms with E-state index < -0.39 is 5.97 Å². The lowest BCUT2D eigenvalue weighted by Crippen LogP contribution is -2.19. The minimum Gasteiger partial charge on any atom is -0.493 e. The van der Waals surface area contributed by atoms with Crippen LogP contribution in [0.3, 0.4) is 0 Å². The van der Waals surface area contributed by atoms with Gasteiger partial charge < -0.3 is 24.9 Å². The molecule has 7 heteroatoms. The van der Waals surface area contributed by atoms with Crippen LogP contribution in [-0.4, -0.2) is 34.8 Å². The number of benzene rings is 1. The number of methoxy groups -OCH3 is 2. The Morgan fingerprint density at radius 2 is 2.00 bits per heavy atom. The Morgan fingerprint density at radius 3 is 2.52 bits per heavy atom. The summed E-state index contributed by atoms with van der Waals surface area (Å²) < 4.78 is 12.1. The average molecular weight is 293 g/mol. The molecular weight excluding hydrogens is 274 g/mol. The van der Waals surface area contributed by atoms with Crippen LogP contribution in [0.4, 0.5) is 0 Å². The molecule has 3 N–H and O–H groups in total. The lowest BCUT2D eigenvalue weighted by atomic mass is 10.2. The first-order valence-corrected chi connectivity index (χ1v) is 6.61. The van der Waals surface area contributed by atoms with Gasteiger partial charge in [-0.05, 0) is 6.42 Å². The fraction of sp³-hybridized carbons (Fsp3) is 0.429. The zero-order valence-corrected chi connectivity index (χ0v) is 12.3. The van der Waals surface area contributed by atoms with Crippen LogP contribution in [0.2, 0.25) is 0 Å². The van der Waals surface area contributed by atoms with Crippen LogP contribution >= 0.6 is 0 Å². The van der Waals surface area contributed by atoms with Gasteiger partial charge in [0, 0.05) is 12.1 Å². The van der Waals surface area contributed by atoms with Crippen molar-refractivity contribution in [1.29, 1.82) is 0 Å². The molecule has 0 saturated carbocycles. The van der Waals surface area contributed by atoms with Crippen molar-refractivity contribution in [3.63, 3.8) is 0 Å². The number of fused-ring (bicyclic) bond motifs is 1. The van der Waals surface area contributed by atoms with Gasteiger partial charge in [0.25, 0.3) is 0 Å². The lowest BCUT2D eigenvalue weighted by molar-refractivity contribution is -0.137. The van der Waals surface area contributed by atoms with Gasteiger partial charge in [-0.15, -0.1) is 0 Å². The summed E-state index contributed by atoms with van der Waals surface area (Å²) in [7, 11) is 3.07. The number of rotatable bonds is 6. The van der Waals surface area contributed by atoms with Gasteiger partial charge in [-0.25, -0.2) is 4.98 Å². The Labute approximate surface area is 122 Å². The second-order valence-electron chi connectivity index (χ2n) is 4.66. The molecule has 21 heavy (non-hydrogen) atoms. The molecule has 114 valence electrons. The number of aliphatic carboxylic acids is 1. The van der Waals surface area contributed by atoms with Crippen molar-refractivity contribution in [1.82, 2.24) is 9.55 Å². The smallest absolute Gasteiger partial charge is 0.323 e. The molecule has 0 aliphatic rings. The Balaban J connectivity index is 2.70. The van der Waals surface area contributed by atoms with E-state index in [1.54, 1.807) is 16.7 Å². The van der Waals surface area contributed by atoms with Gasteiger partial charge in [-0.3, -0.25) is 4.79 Å². The third-order valence-corrected chi connectivity index (χ3v) is 3.35. The molecule has 1 unspecified atom stereocenters. The molecule has 0 fully saturated rings. The summed E-state index contributed by atoms with van der Waals surface area (Å²) in [6, 6.07) is 3.11. The average Bonchev–Trinajstić information content (AvgIpc) is 2.82. The molecule has 1 aromatic heterocycles. The molecule has 2 rings (SSSR count). The molecular formula is C14H19N3O4. The predicted molar refractivity (Wildman–Crippen MR) is 77.7 cm³/mol. The highest BCUT2D eigenvalue weighted by Crippen LogP contribution is 2.33. The zero-order valence-electron chi connectivity index (χ0n) is 12.3. The van der Waals surface area contributed by atoms with Crippen LogP contribution in [0.1, 0.15) is 25.2 Å². The van der Waals surface area contributed by atoms with Gasteiger partial charge in [-0.1, -0.05) is 6.92 Å². The normalized spacial score (nSPS) is 12.4. The highest BCUT2D eigenvalue weighted by atomic mass is 16.5. The van der Waals surface area contributed by atoms with Crippen LogP contribution in [0, 0.1) is 0 Å². The first-order chi connectivity index (χ1) is 10.0. The largest absolute Gasteiger partial charge is 0.493 e. The molecule has 0 amide bonds. The van der Waals surface area contributed by atoms with E-state index in [4.69, 9.17) is 20.3 Å². The summed E-state index contributed by atoms with van der Waals surface area (Å²) in [6.45, 7) is 1.73. The topological polar surface area (TPSA) is 99.6 Å². The highest BCUT2D eigenvalue weighted by Gasteiger charge is 2.19. The van der Waals surface area contributed by atoms with Crippen LogP contribution < -0.4 is 15.2 Å². The van der Waals surface area contributed by atoms with Crippen LogP contribution in [0.5, 0.6) is 11.5 Å². The predicted octanol–water partition coefficient (Wildman–Crippen LogP) is 1.55. The molecule has 0 saturated heterocycles. The highest BCUT2D eigenvalue weighted by molar-refractivity contribution is 5.82. The van der Waals surface area contributed by atoms with Gasteiger partial charge in [0.05, 0.1) is 31.3 Å². The molecule has 0 radical (unpaired) electrons. The molecule has 0 spiro atoms. The minimum atomic E-state index is -0.950. The van der Waals surface area contributed by atoms with Crippen LogP contribution in [-0.2, 0) is 11.3 Å². The van der Waals surface area contributed by atoms with Crippen molar-refractivity contribution >= 4 is 17.0 Å². The molecule has 0 aliphatic carbocycles. The second kappa shape index (κ2) is 6.01. The molecule has 0 bridgehead atoms. The third kappa shape index (κ3) is 2.78. The SMILES string of the molecule is CCC(N)c1nc2cc(OC)c(OC)cc2n1CC(=O)O. The number of carboxylic acid groups (broad SMARTS) is 1. The molecule has 0 aliphatic heterocycles. The fourth-order valence-electron chi connectivity index (χ4n) is 2.24. The molecule has 7 nitrogen and oxygen atoms in total. The quantitative estimate of drug-likeness (QED) is 0.838. The van der Waals surface area contributed by atoms with Gasteiger partial charge >= 0.3 is 5.97 Å².